The number of hydrogen-bond donors (Lipinski definition) is 1. The zero-order valence-corrected chi connectivity index (χ0v) is 11.2. The molecule has 2 aromatic heterocycles. The van der Waals surface area contributed by atoms with E-state index in [1.807, 2.05) is 10.8 Å². The van der Waals surface area contributed by atoms with E-state index < -0.39 is 4.92 Å². The summed E-state index contributed by atoms with van der Waals surface area (Å²) in [5, 5.41) is 17.4. The predicted molar refractivity (Wildman–Crippen MR) is 71.5 cm³/mol. The summed E-state index contributed by atoms with van der Waals surface area (Å²) in [7, 11) is 1.68. The Balaban J connectivity index is 2.58. The summed E-state index contributed by atoms with van der Waals surface area (Å²) < 4.78 is 0.887. The topological polar surface area (TPSA) is 68.1 Å². The second-order valence-electron chi connectivity index (χ2n) is 3.24. The van der Waals surface area contributed by atoms with Crippen molar-refractivity contribution in [2.45, 2.75) is 0 Å². The Morgan fingerprint density at radius 1 is 1.47 bits per heavy atom. The number of rotatable bonds is 3. The average molecular weight is 314 g/mol. The molecule has 1 N–H and O–H groups in total. The van der Waals surface area contributed by atoms with E-state index in [-0.39, 0.29) is 5.69 Å². The lowest BCUT2D eigenvalue weighted by molar-refractivity contribution is -0.384. The van der Waals surface area contributed by atoms with E-state index in [1.165, 1.54) is 23.5 Å². The molecule has 0 fully saturated rings. The molecule has 0 bridgehead atoms. The summed E-state index contributed by atoms with van der Waals surface area (Å²) in [5.74, 6) is 0.479. The molecule has 0 aliphatic rings. The van der Waals surface area contributed by atoms with Crippen molar-refractivity contribution in [2.75, 3.05) is 12.4 Å². The van der Waals surface area contributed by atoms with Crippen molar-refractivity contribution in [3.63, 3.8) is 0 Å². The zero-order valence-electron chi connectivity index (χ0n) is 8.81. The molecule has 0 unspecified atom stereocenters. The lowest BCUT2D eigenvalue weighted by Gasteiger charge is -2.03. The molecule has 0 aliphatic heterocycles. The SMILES string of the molecule is CNc1cc([N+](=O)[O-])cc(-c2cscc2Br)n1. The Kier molecular flexibility index (Phi) is 3.39. The normalized spacial score (nSPS) is 10.2. The molecule has 2 heterocycles. The van der Waals surface area contributed by atoms with E-state index in [0.29, 0.717) is 11.5 Å². The highest BCUT2D eigenvalue weighted by Crippen LogP contribution is 2.33. The molecule has 0 saturated heterocycles. The monoisotopic (exact) mass is 313 g/mol. The summed E-state index contributed by atoms with van der Waals surface area (Å²) in [6.45, 7) is 0. The van der Waals surface area contributed by atoms with Gasteiger partial charge in [0.25, 0.3) is 5.69 Å². The van der Waals surface area contributed by atoms with E-state index in [1.54, 1.807) is 7.05 Å². The minimum Gasteiger partial charge on any atom is -0.373 e. The third-order valence-corrected chi connectivity index (χ3v) is 3.87. The largest absolute Gasteiger partial charge is 0.373 e. The third kappa shape index (κ3) is 2.45. The molecule has 0 aromatic carbocycles. The molecule has 0 amide bonds. The van der Waals surface area contributed by atoms with Crippen LogP contribution in [0.25, 0.3) is 11.3 Å². The fourth-order valence-electron chi connectivity index (χ4n) is 1.35. The molecule has 2 aromatic rings. The highest BCUT2D eigenvalue weighted by Gasteiger charge is 2.14. The summed E-state index contributed by atoms with van der Waals surface area (Å²) in [6, 6.07) is 2.87. The van der Waals surface area contributed by atoms with Gasteiger partial charge in [0.2, 0.25) is 0 Å². The van der Waals surface area contributed by atoms with Crippen LogP contribution in [0.3, 0.4) is 0 Å². The molecule has 7 heteroatoms. The van der Waals surface area contributed by atoms with Crippen LogP contribution in [0.15, 0.2) is 27.4 Å². The Labute approximate surface area is 110 Å². The van der Waals surface area contributed by atoms with Gasteiger partial charge in [-0.1, -0.05) is 0 Å². The highest BCUT2D eigenvalue weighted by molar-refractivity contribution is 9.10. The van der Waals surface area contributed by atoms with E-state index in [0.717, 1.165) is 10.0 Å². The van der Waals surface area contributed by atoms with Crippen LogP contribution in [0.5, 0.6) is 0 Å². The lowest BCUT2D eigenvalue weighted by Crippen LogP contribution is -1.97. The van der Waals surface area contributed by atoms with Crippen molar-refractivity contribution in [3.05, 3.63) is 37.5 Å². The Morgan fingerprint density at radius 3 is 2.76 bits per heavy atom. The molecule has 0 saturated carbocycles. The van der Waals surface area contributed by atoms with Crippen LogP contribution in [0.1, 0.15) is 0 Å². The van der Waals surface area contributed by atoms with Gasteiger partial charge in [0.1, 0.15) is 5.82 Å². The van der Waals surface area contributed by atoms with Crippen LogP contribution in [0.4, 0.5) is 11.5 Å². The molecular weight excluding hydrogens is 306 g/mol. The molecule has 5 nitrogen and oxygen atoms in total. The van der Waals surface area contributed by atoms with Crippen molar-refractivity contribution >= 4 is 38.8 Å². The van der Waals surface area contributed by atoms with E-state index >= 15 is 0 Å². The second-order valence-corrected chi connectivity index (χ2v) is 4.83. The van der Waals surface area contributed by atoms with Gasteiger partial charge in [-0.05, 0) is 15.9 Å². The first-order valence-corrected chi connectivity index (χ1v) is 6.41. The van der Waals surface area contributed by atoms with Gasteiger partial charge in [-0.15, -0.1) is 0 Å². The van der Waals surface area contributed by atoms with Crippen molar-refractivity contribution in [2.24, 2.45) is 0 Å². The fourth-order valence-corrected chi connectivity index (χ4v) is 2.84. The lowest BCUT2D eigenvalue weighted by atomic mass is 10.2. The second kappa shape index (κ2) is 4.80. The maximum absolute atomic E-state index is 10.8. The Morgan fingerprint density at radius 2 is 2.24 bits per heavy atom. The smallest absolute Gasteiger partial charge is 0.275 e. The molecule has 88 valence electrons. The number of aromatic nitrogens is 1. The number of thiophene rings is 1. The summed E-state index contributed by atoms with van der Waals surface area (Å²) in [6.07, 6.45) is 0. The van der Waals surface area contributed by atoms with Crippen LogP contribution in [0, 0.1) is 10.1 Å². The predicted octanol–water partition coefficient (Wildman–Crippen LogP) is 3.52. The molecule has 17 heavy (non-hydrogen) atoms. The number of nitro groups is 1. The van der Waals surface area contributed by atoms with Gasteiger partial charge >= 0.3 is 0 Å². The van der Waals surface area contributed by atoms with Crippen LogP contribution in [0.2, 0.25) is 0 Å². The number of anilines is 1. The molecule has 0 radical (unpaired) electrons. The number of hydrogen-bond acceptors (Lipinski definition) is 5. The molecule has 0 atom stereocenters. The van der Waals surface area contributed by atoms with Crippen LogP contribution < -0.4 is 5.32 Å². The first-order valence-electron chi connectivity index (χ1n) is 4.68. The van der Waals surface area contributed by atoms with Crippen LogP contribution >= 0.6 is 27.3 Å². The van der Waals surface area contributed by atoms with E-state index in [4.69, 9.17) is 0 Å². The maximum atomic E-state index is 10.8. The number of nitrogens with one attached hydrogen (secondary N) is 1. The first kappa shape index (κ1) is 12.0. The first-order chi connectivity index (χ1) is 8.11. The van der Waals surface area contributed by atoms with Crippen molar-refractivity contribution in [1.29, 1.82) is 0 Å². The molecule has 0 spiro atoms. The molecule has 0 aliphatic carbocycles. The van der Waals surface area contributed by atoms with Crippen molar-refractivity contribution < 1.29 is 4.92 Å². The quantitative estimate of drug-likeness (QED) is 0.695. The van der Waals surface area contributed by atoms with Gasteiger partial charge in [-0.3, -0.25) is 10.1 Å². The van der Waals surface area contributed by atoms with Gasteiger partial charge < -0.3 is 5.32 Å². The maximum Gasteiger partial charge on any atom is 0.275 e. The third-order valence-electron chi connectivity index (χ3n) is 2.17. The average Bonchev–Trinajstić information content (AvgIpc) is 2.74. The summed E-state index contributed by atoms with van der Waals surface area (Å²) >= 11 is 4.90. The van der Waals surface area contributed by atoms with E-state index in [2.05, 4.69) is 26.2 Å². The Bertz CT molecular complexity index is 570. The van der Waals surface area contributed by atoms with Crippen LogP contribution in [-0.2, 0) is 0 Å². The Hall–Kier alpha value is -1.47. The minimum absolute atomic E-state index is 0.0254. The summed E-state index contributed by atoms with van der Waals surface area (Å²) in [4.78, 5) is 14.7. The highest BCUT2D eigenvalue weighted by atomic mass is 79.9. The van der Waals surface area contributed by atoms with Gasteiger partial charge in [0, 0.05) is 33.9 Å². The van der Waals surface area contributed by atoms with Gasteiger partial charge in [-0.25, -0.2) is 4.98 Å². The van der Waals surface area contributed by atoms with Crippen molar-refractivity contribution in [1.82, 2.24) is 4.98 Å². The molecule has 2 rings (SSSR count). The van der Waals surface area contributed by atoms with E-state index in [9.17, 15) is 10.1 Å². The minimum atomic E-state index is -0.424. The number of halogens is 1. The van der Waals surface area contributed by atoms with Crippen molar-refractivity contribution in [3.8, 4) is 11.3 Å². The standard InChI is InChI=1S/C10H8BrN3O2S/c1-12-10-3-6(14(15)16)2-9(13-10)7-4-17-5-8(7)11/h2-5H,1H3,(H,12,13). The van der Waals surface area contributed by atoms with Gasteiger partial charge in [0.05, 0.1) is 16.7 Å². The van der Waals surface area contributed by atoms with Gasteiger partial charge in [-0.2, -0.15) is 11.3 Å². The number of pyridine rings is 1. The van der Waals surface area contributed by atoms with Gasteiger partial charge in [0.15, 0.2) is 0 Å². The zero-order chi connectivity index (χ0) is 12.4. The molecular formula is C10H8BrN3O2S. The fraction of sp³-hybridized carbons (Fsp3) is 0.100. The summed E-state index contributed by atoms with van der Waals surface area (Å²) in [5.41, 5.74) is 1.46. The van der Waals surface area contributed by atoms with Crippen LogP contribution in [-0.4, -0.2) is 17.0 Å². The number of nitrogens with zero attached hydrogens (tertiary/aromatic N) is 2.